The number of hydrogen-bond donors (Lipinski definition) is 1. The molecule has 1 aromatic carbocycles. The number of likely N-dealkylation sites (N-methyl/N-ethyl adjacent to an activating group) is 2. The van der Waals surface area contributed by atoms with Gasteiger partial charge in [-0.25, -0.2) is 4.79 Å². The molecule has 1 saturated heterocycles. The lowest BCUT2D eigenvalue weighted by atomic mass is 10.0. The molecule has 1 aliphatic heterocycles. The number of carboxylic acids is 1. The summed E-state index contributed by atoms with van der Waals surface area (Å²) in [6.07, 6.45) is 0. The lowest BCUT2D eigenvalue weighted by molar-refractivity contribution is -0.152. The molecule has 0 saturated carbocycles. The van der Waals surface area contributed by atoms with Crippen molar-refractivity contribution in [1.82, 2.24) is 14.7 Å². The van der Waals surface area contributed by atoms with Gasteiger partial charge in [-0.2, -0.15) is 0 Å². The van der Waals surface area contributed by atoms with E-state index in [0.29, 0.717) is 13.1 Å². The minimum absolute atomic E-state index is 0.112. The van der Waals surface area contributed by atoms with Gasteiger partial charge in [0.05, 0.1) is 6.54 Å². The predicted molar refractivity (Wildman–Crippen MR) is 97.3 cm³/mol. The quantitative estimate of drug-likeness (QED) is 0.696. The molecular formula is C19H27N3O4. The van der Waals surface area contributed by atoms with E-state index >= 15 is 0 Å². The molecular weight excluding hydrogens is 334 g/mol. The van der Waals surface area contributed by atoms with Crippen LogP contribution in [0.2, 0.25) is 0 Å². The molecule has 1 heterocycles. The predicted octanol–water partition coefficient (Wildman–Crippen LogP) is 0.897. The first kappa shape index (κ1) is 19.9. The number of aliphatic carboxylic acids is 1. The number of carboxylic acid groups (broad SMARTS) is 1. The molecule has 1 aliphatic rings. The molecule has 2 amide bonds. The fourth-order valence-electron chi connectivity index (χ4n) is 3.10. The third-order valence-corrected chi connectivity index (χ3v) is 4.67. The highest BCUT2D eigenvalue weighted by Crippen LogP contribution is 2.22. The van der Waals surface area contributed by atoms with E-state index in [1.54, 1.807) is 20.9 Å². The molecule has 26 heavy (non-hydrogen) atoms. The fraction of sp³-hybridized carbons (Fsp3) is 0.526. The monoisotopic (exact) mass is 361 g/mol. The number of carbonyl (C=O) groups is 3. The van der Waals surface area contributed by atoms with Gasteiger partial charge in [0.1, 0.15) is 12.1 Å². The van der Waals surface area contributed by atoms with Gasteiger partial charge in [-0.1, -0.05) is 44.2 Å². The molecule has 0 radical (unpaired) electrons. The Morgan fingerprint density at radius 1 is 1.19 bits per heavy atom. The largest absolute Gasteiger partial charge is 0.480 e. The normalized spacial score (nSPS) is 19.7. The zero-order valence-electron chi connectivity index (χ0n) is 15.8. The van der Waals surface area contributed by atoms with Crippen LogP contribution in [0.5, 0.6) is 0 Å². The first-order valence-corrected chi connectivity index (χ1v) is 8.73. The zero-order valence-corrected chi connectivity index (χ0v) is 15.8. The SMILES string of the molecule is CC(C)[C@@H](C(=O)O)N(C)C(=O)CN(C)C(=O)[C@@H]1CN1Cc1ccccc1. The Hall–Kier alpha value is -2.41. The average molecular weight is 361 g/mol. The average Bonchev–Trinajstić information content (AvgIpc) is 3.33. The molecule has 1 fully saturated rings. The molecule has 0 bridgehead atoms. The molecule has 7 heteroatoms. The van der Waals surface area contributed by atoms with Crippen LogP contribution in [-0.4, -0.2) is 76.9 Å². The van der Waals surface area contributed by atoms with E-state index in [1.165, 1.54) is 16.8 Å². The van der Waals surface area contributed by atoms with Crippen LogP contribution in [0, 0.1) is 5.92 Å². The van der Waals surface area contributed by atoms with Gasteiger partial charge in [-0.3, -0.25) is 14.5 Å². The molecule has 1 aromatic rings. The summed E-state index contributed by atoms with van der Waals surface area (Å²) < 4.78 is 0. The van der Waals surface area contributed by atoms with Crippen molar-refractivity contribution in [1.29, 1.82) is 0 Å². The summed E-state index contributed by atoms with van der Waals surface area (Å²) in [4.78, 5) is 40.9. The van der Waals surface area contributed by atoms with Crippen LogP contribution in [0.1, 0.15) is 19.4 Å². The van der Waals surface area contributed by atoms with Crippen molar-refractivity contribution in [2.24, 2.45) is 5.92 Å². The lowest BCUT2D eigenvalue weighted by Gasteiger charge is -2.29. The number of nitrogens with zero attached hydrogens (tertiary/aromatic N) is 3. The summed E-state index contributed by atoms with van der Waals surface area (Å²) >= 11 is 0. The van der Waals surface area contributed by atoms with Crippen molar-refractivity contribution < 1.29 is 19.5 Å². The first-order valence-electron chi connectivity index (χ1n) is 8.73. The molecule has 1 unspecified atom stereocenters. The second-order valence-electron chi connectivity index (χ2n) is 7.16. The van der Waals surface area contributed by atoms with Gasteiger partial charge < -0.3 is 14.9 Å². The van der Waals surface area contributed by atoms with Crippen LogP contribution in [0.4, 0.5) is 0 Å². The van der Waals surface area contributed by atoms with E-state index in [4.69, 9.17) is 0 Å². The summed E-state index contributed by atoms with van der Waals surface area (Å²) in [6.45, 7) is 4.76. The third kappa shape index (κ3) is 4.82. The molecule has 0 spiro atoms. The smallest absolute Gasteiger partial charge is 0.326 e. The van der Waals surface area contributed by atoms with Gasteiger partial charge in [-0.15, -0.1) is 0 Å². The highest BCUT2D eigenvalue weighted by atomic mass is 16.4. The Bertz CT molecular complexity index is 662. The molecule has 1 N–H and O–H groups in total. The maximum absolute atomic E-state index is 12.5. The van der Waals surface area contributed by atoms with Crippen LogP contribution in [0.3, 0.4) is 0 Å². The van der Waals surface area contributed by atoms with E-state index < -0.39 is 12.0 Å². The number of carbonyl (C=O) groups excluding carboxylic acids is 2. The number of benzene rings is 1. The number of hydrogen-bond acceptors (Lipinski definition) is 4. The van der Waals surface area contributed by atoms with Gasteiger partial charge in [-0.05, 0) is 11.5 Å². The van der Waals surface area contributed by atoms with Crippen molar-refractivity contribution in [2.75, 3.05) is 27.2 Å². The summed E-state index contributed by atoms with van der Waals surface area (Å²) in [5.74, 6) is -1.75. The van der Waals surface area contributed by atoms with Gasteiger partial charge in [0.2, 0.25) is 11.8 Å². The minimum Gasteiger partial charge on any atom is -0.480 e. The van der Waals surface area contributed by atoms with Crippen LogP contribution >= 0.6 is 0 Å². The van der Waals surface area contributed by atoms with E-state index in [-0.39, 0.29) is 30.3 Å². The summed E-state index contributed by atoms with van der Waals surface area (Å²) in [5.41, 5.74) is 1.14. The van der Waals surface area contributed by atoms with Crippen molar-refractivity contribution in [3.63, 3.8) is 0 Å². The Morgan fingerprint density at radius 3 is 2.35 bits per heavy atom. The summed E-state index contributed by atoms with van der Waals surface area (Å²) in [7, 11) is 3.05. The Morgan fingerprint density at radius 2 is 1.81 bits per heavy atom. The molecule has 2 rings (SSSR count). The highest BCUT2D eigenvalue weighted by Gasteiger charge is 2.42. The molecule has 7 nitrogen and oxygen atoms in total. The fourth-order valence-corrected chi connectivity index (χ4v) is 3.10. The van der Waals surface area contributed by atoms with Crippen molar-refractivity contribution in [3.05, 3.63) is 35.9 Å². The van der Waals surface area contributed by atoms with E-state index in [9.17, 15) is 19.5 Å². The van der Waals surface area contributed by atoms with E-state index in [2.05, 4.69) is 0 Å². The molecule has 3 atom stereocenters. The van der Waals surface area contributed by atoms with Crippen LogP contribution in [0.25, 0.3) is 0 Å². The molecule has 0 aromatic heterocycles. The van der Waals surface area contributed by atoms with Gasteiger partial charge >= 0.3 is 5.97 Å². The Balaban J connectivity index is 1.87. The Labute approximate surface area is 154 Å². The zero-order chi connectivity index (χ0) is 19.4. The second kappa shape index (κ2) is 8.31. The maximum Gasteiger partial charge on any atom is 0.326 e. The van der Waals surface area contributed by atoms with Gasteiger partial charge in [0.15, 0.2) is 0 Å². The van der Waals surface area contributed by atoms with Crippen molar-refractivity contribution in [2.45, 2.75) is 32.5 Å². The number of amides is 2. The summed E-state index contributed by atoms with van der Waals surface area (Å²) in [5, 5.41) is 9.30. The molecule has 142 valence electrons. The Kier molecular flexibility index (Phi) is 6.37. The lowest BCUT2D eigenvalue weighted by Crippen LogP contribution is -2.49. The van der Waals surface area contributed by atoms with Crippen molar-refractivity contribution >= 4 is 17.8 Å². The van der Waals surface area contributed by atoms with E-state index in [1.807, 2.05) is 35.2 Å². The maximum atomic E-state index is 12.5. The van der Waals surface area contributed by atoms with Gasteiger partial charge in [0.25, 0.3) is 0 Å². The molecule has 0 aliphatic carbocycles. The second-order valence-corrected chi connectivity index (χ2v) is 7.16. The van der Waals surface area contributed by atoms with Gasteiger partial charge in [0, 0.05) is 27.2 Å². The topological polar surface area (TPSA) is 80.9 Å². The third-order valence-electron chi connectivity index (χ3n) is 4.67. The first-order chi connectivity index (χ1) is 12.2. The van der Waals surface area contributed by atoms with E-state index in [0.717, 1.165) is 5.56 Å². The van der Waals surface area contributed by atoms with Crippen LogP contribution < -0.4 is 0 Å². The van der Waals surface area contributed by atoms with Crippen LogP contribution in [0.15, 0.2) is 30.3 Å². The number of rotatable bonds is 8. The van der Waals surface area contributed by atoms with Crippen molar-refractivity contribution in [3.8, 4) is 0 Å². The standard InChI is InChI=1S/C19H27N3O4/c1-13(2)17(19(25)26)21(4)16(23)12-20(3)18(24)15-11-22(15)10-14-8-6-5-7-9-14/h5-9,13,15,17H,10-12H2,1-4H3,(H,25,26)/t15-,17-,22?/m0/s1. The highest BCUT2D eigenvalue weighted by molar-refractivity contribution is 5.90. The summed E-state index contributed by atoms with van der Waals surface area (Å²) in [6, 6.07) is 8.79. The van der Waals surface area contributed by atoms with Crippen LogP contribution in [-0.2, 0) is 20.9 Å². The minimum atomic E-state index is -1.04.